The normalized spacial score (nSPS) is 10.9. The van der Waals surface area contributed by atoms with Crippen molar-refractivity contribution in [2.24, 2.45) is 7.05 Å². The molecule has 96 valence electrons. The molecule has 5 heteroatoms. The number of likely N-dealkylation sites (N-methyl/N-ethyl adjacent to an activating group) is 1. The summed E-state index contributed by atoms with van der Waals surface area (Å²) in [6, 6.07) is 5.71. The number of hydrogen-bond acceptors (Lipinski definition) is 2. The smallest absolute Gasteiger partial charge is 0.159 e. The van der Waals surface area contributed by atoms with Gasteiger partial charge in [0.05, 0.1) is 5.69 Å². The summed E-state index contributed by atoms with van der Waals surface area (Å²) >= 11 is 0. The minimum absolute atomic E-state index is 0.584. The molecule has 2 rings (SSSR count). The van der Waals surface area contributed by atoms with Gasteiger partial charge >= 0.3 is 0 Å². The summed E-state index contributed by atoms with van der Waals surface area (Å²) < 4.78 is 27.8. The average molecular weight is 251 g/mol. The molecule has 0 saturated carbocycles. The van der Waals surface area contributed by atoms with Gasteiger partial charge in [0.15, 0.2) is 11.6 Å². The van der Waals surface area contributed by atoms with Gasteiger partial charge in [-0.25, -0.2) is 8.78 Å². The van der Waals surface area contributed by atoms with Crippen LogP contribution in [0.5, 0.6) is 0 Å². The summed E-state index contributed by atoms with van der Waals surface area (Å²) in [5.41, 5.74) is 2.28. The summed E-state index contributed by atoms with van der Waals surface area (Å²) in [5, 5.41) is 7.36. The van der Waals surface area contributed by atoms with Gasteiger partial charge in [-0.2, -0.15) is 5.10 Å². The lowest BCUT2D eigenvalue weighted by molar-refractivity contribution is 0.509. The van der Waals surface area contributed by atoms with Crippen LogP contribution < -0.4 is 5.32 Å². The van der Waals surface area contributed by atoms with Crippen molar-refractivity contribution in [1.82, 2.24) is 15.1 Å². The Hall–Kier alpha value is -1.75. The Bertz CT molecular complexity index is 549. The number of halogens is 2. The predicted molar refractivity (Wildman–Crippen MR) is 66.2 cm³/mol. The average Bonchev–Trinajstić information content (AvgIpc) is 2.72. The van der Waals surface area contributed by atoms with Crippen molar-refractivity contribution in [3.8, 4) is 11.3 Å². The third kappa shape index (κ3) is 2.56. The van der Waals surface area contributed by atoms with Crippen LogP contribution in [0.2, 0.25) is 0 Å². The van der Waals surface area contributed by atoms with Crippen molar-refractivity contribution in [2.45, 2.75) is 6.42 Å². The second-order valence-corrected chi connectivity index (χ2v) is 4.13. The first-order valence-corrected chi connectivity index (χ1v) is 5.74. The van der Waals surface area contributed by atoms with Crippen LogP contribution >= 0.6 is 0 Å². The molecule has 0 bridgehead atoms. The van der Waals surface area contributed by atoms with E-state index in [4.69, 9.17) is 0 Å². The van der Waals surface area contributed by atoms with Gasteiger partial charge in [0, 0.05) is 31.3 Å². The predicted octanol–water partition coefficient (Wildman–Crippen LogP) is 2.13. The highest BCUT2D eigenvalue weighted by Gasteiger charge is 2.09. The summed E-state index contributed by atoms with van der Waals surface area (Å²) in [5.74, 6) is -1.69. The molecule has 1 heterocycles. The zero-order chi connectivity index (χ0) is 13.1. The molecular formula is C13H15F2N3. The van der Waals surface area contributed by atoms with Crippen LogP contribution in [0.15, 0.2) is 24.3 Å². The maximum Gasteiger partial charge on any atom is 0.159 e. The van der Waals surface area contributed by atoms with Gasteiger partial charge in [0.25, 0.3) is 0 Å². The number of rotatable bonds is 4. The fourth-order valence-corrected chi connectivity index (χ4v) is 1.79. The van der Waals surface area contributed by atoms with E-state index >= 15 is 0 Å². The monoisotopic (exact) mass is 251 g/mol. The Labute approximate surface area is 104 Å². The third-order valence-electron chi connectivity index (χ3n) is 2.82. The van der Waals surface area contributed by atoms with Gasteiger partial charge in [0.1, 0.15) is 0 Å². The molecule has 0 atom stereocenters. The number of nitrogens with one attached hydrogen (secondary N) is 1. The standard InChI is InChI=1S/C13H15F2N3/c1-16-6-5-10-8-13(17-18(10)2)9-3-4-11(14)12(15)7-9/h3-4,7-8,16H,5-6H2,1-2H3. The molecular weight excluding hydrogens is 236 g/mol. The van der Waals surface area contributed by atoms with Crippen LogP contribution in [-0.2, 0) is 13.5 Å². The lowest BCUT2D eigenvalue weighted by Gasteiger charge is -1.99. The van der Waals surface area contributed by atoms with Crippen molar-refractivity contribution in [1.29, 1.82) is 0 Å². The molecule has 0 saturated heterocycles. The summed E-state index contributed by atoms with van der Waals surface area (Å²) in [6.45, 7) is 0.844. The molecule has 1 N–H and O–H groups in total. The highest BCUT2D eigenvalue weighted by Crippen LogP contribution is 2.21. The van der Waals surface area contributed by atoms with Crippen molar-refractivity contribution in [3.63, 3.8) is 0 Å². The molecule has 3 nitrogen and oxygen atoms in total. The molecule has 0 aliphatic rings. The molecule has 1 aromatic carbocycles. The Morgan fingerprint density at radius 2 is 2.00 bits per heavy atom. The quantitative estimate of drug-likeness (QED) is 0.902. The van der Waals surface area contributed by atoms with E-state index in [1.165, 1.54) is 12.1 Å². The lowest BCUT2D eigenvalue weighted by Crippen LogP contribution is -2.12. The molecule has 18 heavy (non-hydrogen) atoms. The zero-order valence-corrected chi connectivity index (χ0v) is 10.4. The maximum atomic E-state index is 13.2. The van der Waals surface area contributed by atoms with E-state index in [1.807, 2.05) is 20.2 Å². The minimum Gasteiger partial charge on any atom is -0.319 e. The zero-order valence-electron chi connectivity index (χ0n) is 10.4. The number of hydrogen-bond donors (Lipinski definition) is 1. The second-order valence-electron chi connectivity index (χ2n) is 4.13. The summed E-state index contributed by atoms with van der Waals surface area (Å²) in [7, 11) is 3.72. The van der Waals surface area contributed by atoms with Crippen LogP contribution in [0.25, 0.3) is 11.3 Å². The van der Waals surface area contributed by atoms with E-state index in [0.29, 0.717) is 11.3 Å². The van der Waals surface area contributed by atoms with Crippen molar-refractivity contribution < 1.29 is 8.78 Å². The van der Waals surface area contributed by atoms with Crippen molar-refractivity contribution in [3.05, 3.63) is 41.6 Å². The van der Waals surface area contributed by atoms with Crippen molar-refractivity contribution >= 4 is 0 Å². The van der Waals surface area contributed by atoms with Crippen LogP contribution in [0.4, 0.5) is 8.78 Å². The van der Waals surface area contributed by atoms with E-state index in [2.05, 4.69) is 10.4 Å². The molecule has 0 fully saturated rings. The topological polar surface area (TPSA) is 29.9 Å². The molecule has 0 amide bonds. The van der Waals surface area contributed by atoms with E-state index < -0.39 is 11.6 Å². The second kappa shape index (κ2) is 5.27. The minimum atomic E-state index is -0.852. The van der Waals surface area contributed by atoms with E-state index in [1.54, 1.807) is 4.68 Å². The number of benzene rings is 1. The van der Waals surface area contributed by atoms with Crippen LogP contribution in [0.1, 0.15) is 5.69 Å². The molecule has 0 radical (unpaired) electrons. The Morgan fingerprint density at radius 1 is 1.22 bits per heavy atom. The fraction of sp³-hybridized carbons (Fsp3) is 0.308. The highest BCUT2D eigenvalue weighted by atomic mass is 19.2. The molecule has 0 unspecified atom stereocenters. The number of nitrogens with zero attached hydrogens (tertiary/aromatic N) is 2. The third-order valence-corrected chi connectivity index (χ3v) is 2.82. The van der Waals surface area contributed by atoms with E-state index in [9.17, 15) is 8.78 Å². The van der Waals surface area contributed by atoms with Gasteiger partial charge in [0.2, 0.25) is 0 Å². The first kappa shape index (κ1) is 12.7. The molecule has 0 spiro atoms. The lowest BCUT2D eigenvalue weighted by atomic mass is 10.1. The Kier molecular flexibility index (Phi) is 3.72. The van der Waals surface area contributed by atoms with Gasteiger partial charge < -0.3 is 5.32 Å². The first-order valence-electron chi connectivity index (χ1n) is 5.74. The molecule has 1 aromatic heterocycles. The van der Waals surface area contributed by atoms with Crippen LogP contribution in [0.3, 0.4) is 0 Å². The van der Waals surface area contributed by atoms with Gasteiger partial charge in [-0.3, -0.25) is 4.68 Å². The van der Waals surface area contributed by atoms with Gasteiger partial charge in [-0.15, -0.1) is 0 Å². The van der Waals surface area contributed by atoms with Gasteiger partial charge in [-0.1, -0.05) is 0 Å². The highest BCUT2D eigenvalue weighted by molar-refractivity contribution is 5.59. The Morgan fingerprint density at radius 3 is 2.67 bits per heavy atom. The largest absolute Gasteiger partial charge is 0.319 e. The summed E-state index contributed by atoms with van der Waals surface area (Å²) in [6.07, 6.45) is 0.837. The van der Waals surface area contributed by atoms with Crippen LogP contribution in [-0.4, -0.2) is 23.4 Å². The van der Waals surface area contributed by atoms with E-state index in [0.717, 1.165) is 24.7 Å². The van der Waals surface area contributed by atoms with Crippen molar-refractivity contribution in [2.75, 3.05) is 13.6 Å². The Balaban J connectivity index is 2.30. The number of aromatic nitrogens is 2. The first-order chi connectivity index (χ1) is 8.61. The fourth-order valence-electron chi connectivity index (χ4n) is 1.79. The SMILES string of the molecule is CNCCc1cc(-c2ccc(F)c(F)c2)nn1C. The van der Waals surface area contributed by atoms with Gasteiger partial charge in [-0.05, 0) is 31.3 Å². The maximum absolute atomic E-state index is 13.2. The van der Waals surface area contributed by atoms with Crippen LogP contribution in [0, 0.1) is 11.6 Å². The number of aryl methyl sites for hydroxylation is 1. The summed E-state index contributed by atoms with van der Waals surface area (Å²) in [4.78, 5) is 0. The molecule has 0 aliphatic carbocycles. The molecule has 0 aliphatic heterocycles. The molecule has 2 aromatic rings. The van der Waals surface area contributed by atoms with E-state index in [-0.39, 0.29) is 0 Å².